The van der Waals surface area contributed by atoms with E-state index < -0.39 is 18.6 Å². The topological polar surface area (TPSA) is 29.3 Å². The van der Waals surface area contributed by atoms with E-state index in [-0.39, 0.29) is 0 Å². The van der Waals surface area contributed by atoms with Crippen LogP contribution in [0.1, 0.15) is 24.3 Å². The van der Waals surface area contributed by atoms with E-state index in [1.54, 1.807) is 24.3 Å². The van der Waals surface area contributed by atoms with Crippen LogP contribution in [0.4, 0.5) is 18.9 Å². The van der Waals surface area contributed by atoms with Crippen LogP contribution in [0.25, 0.3) is 0 Å². The molecule has 2 N–H and O–H groups in total. The lowest BCUT2D eigenvalue weighted by molar-refractivity contribution is -0.148. The number of halogens is 3. The van der Waals surface area contributed by atoms with Crippen molar-refractivity contribution in [3.05, 3.63) is 29.8 Å². The number of hydrogen-bond donors (Lipinski definition) is 1. The molecule has 0 aliphatic carbocycles. The van der Waals surface area contributed by atoms with E-state index in [2.05, 4.69) is 0 Å². The van der Waals surface area contributed by atoms with Crippen LogP contribution in [-0.2, 0) is 0 Å². The van der Waals surface area contributed by atoms with Crippen molar-refractivity contribution in [3.63, 3.8) is 0 Å². The highest BCUT2D eigenvalue weighted by molar-refractivity contribution is 5.56. The Kier molecular flexibility index (Phi) is 3.80. The van der Waals surface area contributed by atoms with Crippen LogP contribution in [0.5, 0.6) is 0 Å². The SMILES string of the molecule is NCC(c1ccccc1N1CCCC1)C(F)(F)F. The highest BCUT2D eigenvalue weighted by Gasteiger charge is 2.41. The summed E-state index contributed by atoms with van der Waals surface area (Å²) in [4.78, 5) is 2.02. The molecule has 1 aromatic rings. The Labute approximate surface area is 105 Å². The van der Waals surface area contributed by atoms with Gasteiger partial charge in [0.2, 0.25) is 0 Å². The molecule has 0 aromatic heterocycles. The molecular formula is C13H17F3N2. The van der Waals surface area contributed by atoms with E-state index >= 15 is 0 Å². The van der Waals surface area contributed by atoms with E-state index in [1.165, 1.54) is 0 Å². The van der Waals surface area contributed by atoms with Gasteiger partial charge in [0.05, 0.1) is 5.92 Å². The quantitative estimate of drug-likeness (QED) is 0.903. The summed E-state index contributed by atoms with van der Waals surface area (Å²) in [5, 5.41) is 0. The fourth-order valence-corrected chi connectivity index (χ4v) is 2.47. The minimum Gasteiger partial charge on any atom is -0.371 e. The average molecular weight is 258 g/mol. The van der Waals surface area contributed by atoms with Crippen molar-refractivity contribution < 1.29 is 13.2 Å². The fourth-order valence-electron chi connectivity index (χ4n) is 2.47. The second-order valence-corrected chi connectivity index (χ2v) is 4.58. The number of hydrogen-bond acceptors (Lipinski definition) is 2. The summed E-state index contributed by atoms with van der Waals surface area (Å²) in [6.45, 7) is 1.24. The van der Waals surface area contributed by atoms with Gasteiger partial charge in [-0.3, -0.25) is 0 Å². The third kappa shape index (κ3) is 2.61. The molecule has 0 saturated carbocycles. The second kappa shape index (κ2) is 5.18. The van der Waals surface area contributed by atoms with Crippen molar-refractivity contribution >= 4 is 5.69 Å². The molecule has 18 heavy (non-hydrogen) atoms. The van der Waals surface area contributed by atoms with Gasteiger partial charge in [-0.05, 0) is 24.5 Å². The van der Waals surface area contributed by atoms with Crippen molar-refractivity contribution in [1.82, 2.24) is 0 Å². The maximum atomic E-state index is 13.0. The van der Waals surface area contributed by atoms with Gasteiger partial charge >= 0.3 is 6.18 Å². The molecule has 1 aliphatic rings. The minimum atomic E-state index is -4.29. The summed E-state index contributed by atoms with van der Waals surface area (Å²) in [5.41, 5.74) is 6.30. The predicted octanol–water partition coefficient (Wildman–Crippen LogP) is 2.89. The molecular weight excluding hydrogens is 241 g/mol. The second-order valence-electron chi connectivity index (χ2n) is 4.58. The first-order valence-corrected chi connectivity index (χ1v) is 6.14. The van der Waals surface area contributed by atoms with Gasteiger partial charge < -0.3 is 10.6 Å². The molecule has 1 heterocycles. The van der Waals surface area contributed by atoms with Gasteiger partial charge in [0.1, 0.15) is 0 Å². The van der Waals surface area contributed by atoms with E-state index in [1.807, 2.05) is 4.90 Å². The van der Waals surface area contributed by atoms with E-state index in [0.29, 0.717) is 11.3 Å². The summed E-state index contributed by atoms with van der Waals surface area (Å²) in [5.74, 6) is -1.57. The van der Waals surface area contributed by atoms with E-state index in [0.717, 1.165) is 25.9 Å². The lowest BCUT2D eigenvalue weighted by Gasteiger charge is -2.26. The van der Waals surface area contributed by atoms with Gasteiger partial charge in [0, 0.05) is 25.3 Å². The van der Waals surface area contributed by atoms with Crippen LogP contribution in [0, 0.1) is 0 Å². The van der Waals surface area contributed by atoms with Gasteiger partial charge in [-0.15, -0.1) is 0 Å². The van der Waals surface area contributed by atoms with Gasteiger partial charge in [-0.1, -0.05) is 18.2 Å². The molecule has 2 rings (SSSR count). The number of anilines is 1. The van der Waals surface area contributed by atoms with Gasteiger partial charge in [0.25, 0.3) is 0 Å². The first-order chi connectivity index (χ1) is 8.54. The Balaban J connectivity index is 2.37. The third-order valence-corrected chi connectivity index (χ3v) is 3.39. The monoisotopic (exact) mass is 258 g/mol. The zero-order valence-corrected chi connectivity index (χ0v) is 10.1. The van der Waals surface area contributed by atoms with Crippen molar-refractivity contribution in [2.24, 2.45) is 5.73 Å². The Morgan fingerprint density at radius 1 is 1.17 bits per heavy atom. The molecule has 1 fully saturated rings. The van der Waals surface area contributed by atoms with Gasteiger partial charge in [-0.2, -0.15) is 13.2 Å². The van der Waals surface area contributed by atoms with Crippen LogP contribution >= 0.6 is 0 Å². The van der Waals surface area contributed by atoms with Crippen molar-refractivity contribution in [2.75, 3.05) is 24.5 Å². The van der Waals surface area contributed by atoms with Crippen LogP contribution in [0.2, 0.25) is 0 Å². The molecule has 1 saturated heterocycles. The number of benzene rings is 1. The largest absolute Gasteiger partial charge is 0.397 e. The van der Waals surface area contributed by atoms with E-state index in [4.69, 9.17) is 5.73 Å². The van der Waals surface area contributed by atoms with Crippen molar-refractivity contribution in [3.8, 4) is 0 Å². The number of alkyl halides is 3. The maximum absolute atomic E-state index is 13.0. The standard InChI is InChI=1S/C13H17F3N2/c14-13(15,16)11(9-17)10-5-1-2-6-12(10)18-7-3-4-8-18/h1-2,5-6,11H,3-4,7-9,17H2. The lowest BCUT2D eigenvalue weighted by atomic mass is 9.96. The molecule has 1 aromatic carbocycles. The number of nitrogens with two attached hydrogens (primary N) is 1. The summed E-state index contributed by atoms with van der Waals surface area (Å²) >= 11 is 0. The molecule has 1 aliphatic heterocycles. The van der Waals surface area contributed by atoms with Gasteiger partial charge in [0.15, 0.2) is 0 Å². The summed E-state index contributed by atoms with van der Waals surface area (Å²) < 4.78 is 38.9. The minimum absolute atomic E-state index is 0.300. The van der Waals surface area contributed by atoms with Crippen molar-refractivity contribution in [2.45, 2.75) is 24.9 Å². The Morgan fingerprint density at radius 2 is 1.78 bits per heavy atom. The number of rotatable bonds is 3. The summed E-state index contributed by atoms with van der Waals surface area (Å²) in [6.07, 6.45) is -2.22. The Hall–Kier alpha value is -1.23. The number of nitrogens with zero attached hydrogens (tertiary/aromatic N) is 1. The zero-order valence-electron chi connectivity index (χ0n) is 10.1. The molecule has 1 atom stereocenters. The molecule has 0 bridgehead atoms. The van der Waals surface area contributed by atoms with Crippen molar-refractivity contribution in [1.29, 1.82) is 0 Å². The van der Waals surface area contributed by atoms with Crippen LogP contribution < -0.4 is 10.6 Å². The Bertz CT molecular complexity index is 397. The Morgan fingerprint density at radius 3 is 2.33 bits per heavy atom. The third-order valence-electron chi connectivity index (χ3n) is 3.39. The average Bonchev–Trinajstić information content (AvgIpc) is 2.82. The normalized spacial score (nSPS) is 18.1. The smallest absolute Gasteiger partial charge is 0.371 e. The zero-order chi connectivity index (χ0) is 13.2. The molecule has 2 nitrogen and oxygen atoms in total. The number of para-hydroxylation sites is 1. The molecule has 100 valence electrons. The molecule has 5 heteroatoms. The molecule has 0 radical (unpaired) electrons. The first-order valence-electron chi connectivity index (χ1n) is 6.14. The fraction of sp³-hybridized carbons (Fsp3) is 0.538. The highest BCUT2D eigenvalue weighted by Crippen LogP contribution is 2.39. The van der Waals surface area contributed by atoms with Crippen LogP contribution in [0.3, 0.4) is 0 Å². The lowest BCUT2D eigenvalue weighted by Crippen LogP contribution is -2.30. The molecule has 1 unspecified atom stereocenters. The van der Waals surface area contributed by atoms with Gasteiger partial charge in [-0.25, -0.2) is 0 Å². The summed E-state index contributed by atoms with van der Waals surface area (Å²) in [7, 11) is 0. The first kappa shape index (κ1) is 13.2. The van der Waals surface area contributed by atoms with Crippen LogP contribution in [-0.4, -0.2) is 25.8 Å². The van der Waals surface area contributed by atoms with Crippen LogP contribution in [0.15, 0.2) is 24.3 Å². The highest BCUT2D eigenvalue weighted by atomic mass is 19.4. The maximum Gasteiger partial charge on any atom is 0.397 e. The molecule has 0 spiro atoms. The van der Waals surface area contributed by atoms with E-state index in [9.17, 15) is 13.2 Å². The predicted molar refractivity (Wildman–Crippen MR) is 65.7 cm³/mol. The summed E-state index contributed by atoms with van der Waals surface area (Å²) in [6, 6.07) is 6.72. The molecule has 0 amide bonds.